The number of nitrogens with one attached hydrogen (secondary N) is 1. The van der Waals surface area contributed by atoms with Crippen molar-refractivity contribution >= 4 is 0 Å². The van der Waals surface area contributed by atoms with Crippen LogP contribution in [0.3, 0.4) is 0 Å². The van der Waals surface area contributed by atoms with Gasteiger partial charge in [0, 0.05) is 24.5 Å². The van der Waals surface area contributed by atoms with Crippen LogP contribution in [0.25, 0.3) is 0 Å². The van der Waals surface area contributed by atoms with Crippen molar-refractivity contribution in [1.82, 2.24) is 0 Å². The highest BCUT2D eigenvalue weighted by Gasteiger charge is 2.31. The highest BCUT2D eigenvalue weighted by Crippen LogP contribution is 2.37. The van der Waals surface area contributed by atoms with E-state index in [-0.39, 0.29) is 12.5 Å². The van der Waals surface area contributed by atoms with E-state index in [4.69, 9.17) is 14.2 Å². The molecule has 0 radical (unpaired) electrons. The largest absolute Gasteiger partial charge is 0.507 e. The third kappa shape index (κ3) is 3.24. The van der Waals surface area contributed by atoms with Crippen molar-refractivity contribution in [2.24, 2.45) is 0 Å². The first-order valence-corrected chi connectivity index (χ1v) is 8.93. The minimum atomic E-state index is 0.226. The van der Waals surface area contributed by atoms with Crippen molar-refractivity contribution in [3.63, 3.8) is 0 Å². The third-order valence-electron chi connectivity index (χ3n) is 5.07. The quantitative estimate of drug-likeness (QED) is 0.876. The number of fused-ring (bicyclic) bond motifs is 1. The Kier molecular flexibility index (Phi) is 4.40. The number of aromatic hydroxyl groups is 1. The first-order chi connectivity index (χ1) is 12.2. The molecule has 25 heavy (non-hydrogen) atoms. The van der Waals surface area contributed by atoms with Crippen molar-refractivity contribution in [2.45, 2.75) is 32.4 Å². The number of likely N-dealkylation sites (tertiary alicyclic amines) is 1. The van der Waals surface area contributed by atoms with Gasteiger partial charge in [-0.05, 0) is 37.3 Å². The number of hydrogen-bond donors (Lipinski definition) is 2. The fourth-order valence-electron chi connectivity index (χ4n) is 3.85. The van der Waals surface area contributed by atoms with Crippen LogP contribution in [0, 0.1) is 0 Å². The molecule has 1 unspecified atom stereocenters. The van der Waals surface area contributed by atoms with Gasteiger partial charge in [0.2, 0.25) is 6.79 Å². The van der Waals surface area contributed by atoms with Crippen LogP contribution in [0.5, 0.6) is 23.0 Å². The summed E-state index contributed by atoms with van der Waals surface area (Å²) in [6.45, 7) is 4.79. The smallest absolute Gasteiger partial charge is 0.231 e. The van der Waals surface area contributed by atoms with Crippen molar-refractivity contribution in [2.75, 3.05) is 19.9 Å². The predicted molar refractivity (Wildman–Crippen MR) is 93.3 cm³/mol. The fourth-order valence-corrected chi connectivity index (χ4v) is 3.85. The Morgan fingerprint density at radius 3 is 2.68 bits per heavy atom. The van der Waals surface area contributed by atoms with E-state index in [1.807, 2.05) is 25.1 Å². The van der Waals surface area contributed by atoms with Gasteiger partial charge in [-0.1, -0.05) is 0 Å². The van der Waals surface area contributed by atoms with Crippen LogP contribution < -0.4 is 19.1 Å². The summed E-state index contributed by atoms with van der Waals surface area (Å²) in [7, 11) is 0. The lowest BCUT2D eigenvalue weighted by atomic mass is 10.0. The first kappa shape index (κ1) is 16.1. The second-order valence-corrected chi connectivity index (χ2v) is 6.62. The van der Waals surface area contributed by atoms with Crippen LogP contribution in [0.15, 0.2) is 36.4 Å². The van der Waals surface area contributed by atoms with E-state index in [9.17, 15) is 5.11 Å². The van der Waals surface area contributed by atoms with Gasteiger partial charge in [0.15, 0.2) is 11.5 Å². The highest BCUT2D eigenvalue weighted by atomic mass is 16.7. The molecule has 0 aromatic heterocycles. The van der Waals surface area contributed by atoms with Gasteiger partial charge in [-0.15, -0.1) is 0 Å². The van der Waals surface area contributed by atoms with Crippen LogP contribution in [-0.4, -0.2) is 25.1 Å². The molecule has 0 bridgehead atoms. The van der Waals surface area contributed by atoms with Gasteiger partial charge in [-0.2, -0.15) is 0 Å². The van der Waals surface area contributed by atoms with Gasteiger partial charge in [0.1, 0.15) is 24.1 Å². The molecular weight excluding hydrogens is 318 g/mol. The molecule has 2 atom stereocenters. The Morgan fingerprint density at radius 2 is 1.92 bits per heavy atom. The lowest BCUT2D eigenvalue weighted by Gasteiger charge is -2.22. The number of ether oxygens (including phenoxy) is 3. The number of hydrogen-bond acceptors (Lipinski definition) is 4. The zero-order valence-corrected chi connectivity index (χ0v) is 14.5. The Morgan fingerprint density at radius 1 is 1.16 bits per heavy atom. The Hall–Kier alpha value is -2.40. The summed E-state index contributed by atoms with van der Waals surface area (Å²) in [6, 6.07) is 12.5. The summed E-state index contributed by atoms with van der Waals surface area (Å²) in [5.74, 6) is 2.55. The van der Waals surface area contributed by atoms with Crippen molar-refractivity contribution in [1.29, 1.82) is 0 Å². The lowest BCUT2D eigenvalue weighted by Crippen LogP contribution is -3.08. The van der Waals surface area contributed by atoms with E-state index in [2.05, 4.69) is 12.1 Å². The van der Waals surface area contributed by atoms with E-state index < -0.39 is 0 Å². The number of phenols is 1. The topological polar surface area (TPSA) is 52.4 Å². The molecule has 2 aliphatic heterocycles. The average Bonchev–Trinajstić information content (AvgIpc) is 3.25. The lowest BCUT2D eigenvalue weighted by molar-refractivity contribution is -0.932. The number of phenolic OH excluding ortho intramolecular Hbond substituents is 1. The van der Waals surface area contributed by atoms with Crippen LogP contribution in [0.4, 0.5) is 0 Å². The summed E-state index contributed by atoms with van der Waals surface area (Å²) >= 11 is 0. The van der Waals surface area contributed by atoms with Gasteiger partial charge in [-0.3, -0.25) is 0 Å². The molecule has 4 rings (SSSR count). The van der Waals surface area contributed by atoms with Crippen molar-refractivity contribution < 1.29 is 24.2 Å². The van der Waals surface area contributed by atoms with Crippen LogP contribution in [-0.2, 0) is 6.54 Å². The van der Waals surface area contributed by atoms with E-state index in [0.717, 1.165) is 36.6 Å². The zero-order chi connectivity index (χ0) is 17.2. The average molecular weight is 342 g/mol. The standard InChI is InChI=1S/C20H23NO4/c1-2-23-16-7-5-14(6-8-16)17-4-3-9-21(17)12-15-10-19-20(11-18(15)22)25-13-24-19/h5-8,10-11,17,22H,2-4,9,12-13H2,1H3/p+1/t17-/m1/s1. The second-order valence-electron chi connectivity index (χ2n) is 6.62. The SMILES string of the molecule is CCOc1ccc([C@H]2CCC[NH+]2Cc2cc3c(cc2O)OCO3)cc1. The van der Waals surface area contributed by atoms with Gasteiger partial charge in [0.25, 0.3) is 0 Å². The van der Waals surface area contributed by atoms with Gasteiger partial charge in [0.05, 0.1) is 18.7 Å². The number of benzene rings is 2. The number of rotatable bonds is 5. The van der Waals surface area contributed by atoms with Gasteiger partial charge >= 0.3 is 0 Å². The minimum absolute atomic E-state index is 0.226. The monoisotopic (exact) mass is 342 g/mol. The Balaban J connectivity index is 1.52. The van der Waals surface area contributed by atoms with Crippen molar-refractivity contribution in [3.05, 3.63) is 47.5 Å². The highest BCUT2D eigenvalue weighted by molar-refractivity contribution is 5.51. The molecule has 2 N–H and O–H groups in total. The molecule has 2 heterocycles. The summed E-state index contributed by atoms with van der Waals surface area (Å²) < 4.78 is 16.3. The molecular formula is C20H24NO4+. The summed E-state index contributed by atoms with van der Waals surface area (Å²) in [5.41, 5.74) is 2.24. The minimum Gasteiger partial charge on any atom is -0.507 e. The van der Waals surface area contributed by atoms with Gasteiger partial charge in [-0.25, -0.2) is 0 Å². The maximum atomic E-state index is 10.3. The third-order valence-corrected chi connectivity index (χ3v) is 5.07. The molecule has 132 valence electrons. The van der Waals surface area contributed by atoms with Crippen LogP contribution in [0.1, 0.15) is 36.9 Å². The molecule has 1 fully saturated rings. The molecule has 2 aromatic rings. The molecule has 0 aliphatic carbocycles. The van der Waals surface area contributed by atoms with E-state index in [1.54, 1.807) is 6.07 Å². The number of quaternary nitrogens is 1. The molecule has 5 nitrogen and oxygen atoms in total. The van der Waals surface area contributed by atoms with Crippen molar-refractivity contribution in [3.8, 4) is 23.0 Å². The molecule has 0 saturated carbocycles. The fraction of sp³-hybridized carbons (Fsp3) is 0.400. The Labute approximate surface area is 147 Å². The Bertz CT molecular complexity index is 744. The molecule has 5 heteroatoms. The molecule has 0 spiro atoms. The summed E-state index contributed by atoms with van der Waals surface area (Å²) in [5, 5.41) is 10.3. The van der Waals surface area contributed by atoms with Gasteiger partial charge < -0.3 is 24.2 Å². The summed E-state index contributed by atoms with van der Waals surface area (Å²) in [6.07, 6.45) is 2.35. The maximum Gasteiger partial charge on any atom is 0.231 e. The predicted octanol–water partition coefficient (Wildman–Crippen LogP) is 2.44. The van der Waals surface area contributed by atoms with E-state index in [1.165, 1.54) is 16.9 Å². The van der Waals surface area contributed by atoms with Crippen LogP contribution >= 0.6 is 0 Å². The molecule has 1 saturated heterocycles. The molecule has 2 aliphatic rings. The van der Waals surface area contributed by atoms with Crippen LogP contribution in [0.2, 0.25) is 0 Å². The molecule has 0 amide bonds. The molecule has 2 aromatic carbocycles. The van der Waals surface area contributed by atoms with E-state index in [0.29, 0.717) is 18.4 Å². The summed E-state index contributed by atoms with van der Waals surface area (Å²) in [4.78, 5) is 1.47. The first-order valence-electron chi connectivity index (χ1n) is 8.93. The van der Waals surface area contributed by atoms with E-state index >= 15 is 0 Å². The normalized spacial score (nSPS) is 21.5. The second kappa shape index (κ2) is 6.84. The zero-order valence-electron chi connectivity index (χ0n) is 14.5. The maximum absolute atomic E-state index is 10.3.